The normalized spacial score (nSPS) is 22.1. The molecule has 0 amide bonds. The lowest BCUT2D eigenvalue weighted by molar-refractivity contribution is 0.566. The number of halogens is 1. The van der Waals surface area contributed by atoms with Crippen LogP contribution in [0.3, 0.4) is 0 Å². The molecule has 1 N–H and O–H groups in total. The number of anilines is 2. The van der Waals surface area contributed by atoms with Crippen LogP contribution in [0.25, 0.3) is 6.08 Å². The van der Waals surface area contributed by atoms with Crippen LogP contribution in [0.5, 0.6) is 0 Å². The van der Waals surface area contributed by atoms with E-state index >= 15 is 0 Å². The molecular weight excluding hydrogens is 253 g/mol. The molecule has 0 unspecified atom stereocenters. The van der Waals surface area contributed by atoms with Gasteiger partial charge in [0.2, 0.25) is 0 Å². The van der Waals surface area contributed by atoms with Crippen LogP contribution in [0, 0.1) is 5.82 Å². The summed E-state index contributed by atoms with van der Waals surface area (Å²) in [6.45, 7) is 4.60. The van der Waals surface area contributed by atoms with E-state index in [1.54, 1.807) is 6.07 Å². The highest BCUT2D eigenvalue weighted by Crippen LogP contribution is 2.39. The van der Waals surface area contributed by atoms with Gasteiger partial charge in [0, 0.05) is 50.0 Å². The summed E-state index contributed by atoms with van der Waals surface area (Å²) in [5, 5.41) is 3.32. The fraction of sp³-hybridized carbons (Fsp3) is 0.500. The number of hydrogen-bond acceptors (Lipinski definition) is 3. The number of benzene rings is 1. The Bertz CT molecular complexity index is 545. The molecule has 0 bridgehead atoms. The zero-order valence-corrected chi connectivity index (χ0v) is 11.6. The number of fused-ring (bicyclic) bond motifs is 1. The lowest BCUT2D eigenvalue weighted by Gasteiger charge is -2.33. The van der Waals surface area contributed by atoms with Crippen molar-refractivity contribution in [3.63, 3.8) is 0 Å². The number of piperazine rings is 1. The second-order valence-electron chi connectivity index (χ2n) is 5.89. The van der Waals surface area contributed by atoms with Gasteiger partial charge in [0.1, 0.15) is 5.82 Å². The van der Waals surface area contributed by atoms with Gasteiger partial charge < -0.3 is 15.1 Å². The maximum atomic E-state index is 14.4. The molecule has 2 heterocycles. The third-order valence-corrected chi connectivity index (χ3v) is 4.45. The minimum Gasteiger partial charge on any atom is -0.367 e. The maximum Gasteiger partial charge on any atom is 0.147 e. The Hall–Kier alpha value is -1.55. The minimum atomic E-state index is -0.0899. The van der Waals surface area contributed by atoms with Crippen LogP contribution in [-0.4, -0.2) is 38.8 Å². The van der Waals surface area contributed by atoms with Crippen molar-refractivity contribution in [2.24, 2.45) is 0 Å². The van der Waals surface area contributed by atoms with Crippen molar-refractivity contribution in [2.75, 3.05) is 42.5 Å². The smallest absolute Gasteiger partial charge is 0.147 e. The Balaban J connectivity index is 1.73. The highest BCUT2D eigenvalue weighted by Gasteiger charge is 2.31. The third kappa shape index (κ3) is 2.08. The van der Waals surface area contributed by atoms with Gasteiger partial charge in [-0.15, -0.1) is 0 Å². The molecule has 0 aromatic heterocycles. The zero-order valence-electron chi connectivity index (χ0n) is 11.6. The van der Waals surface area contributed by atoms with Crippen molar-refractivity contribution in [3.8, 4) is 0 Å². The molecule has 1 aliphatic carbocycles. The molecule has 2 fully saturated rings. The largest absolute Gasteiger partial charge is 0.367 e. The molecule has 4 heteroatoms. The molecule has 1 saturated heterocycles. The third-order valence-electron chi connectivity index (χ3n) is 4.45. The fourth-order valence-corrected chi connectivity index (χ4v) is 3.22. The average molecular weight is 273 g/mol. The Morgan fingerprint density at radius 2 is 1.90 bits per heavy atom. The summed E-state index contributed by atoms with van der Waals surface area (Å²) < 4.78 is 14.4. The van der Waals surface area contributed by atoms with Crippen LogP contribution >= 0.6 is 0 Å². The minimum absolute atomic E-state index is 0.0899. The fourth-order valence-electron chi connectivity index (χ4n) is 3.22. The monoisotopic (exact) mass is 273 g/mol. The summed E-state index contributed by atoms with van der Waals surface area (Å²) in [5.74, 6) is -0.0899. The Kier molecular flexibility index (Phi) is 2.91. The van der Waals surface area contributed by atoms with Crippen LogP contribution in [0.1, 0.15) is 18.4 Å². The first kappa shape index (κ1) is 12.2. The standard InChI is InChI=1S/C16H20FN3/c17-14-10-12-2-1-7-20(13-3-4-13)15(12)11-16(14)19-8-5-18-6-9-19/h1-2,10-11,13,18H,3-9H2. The maximum absolute atomic E-state index is 14.4. The molecule has 106 valence electrons. The van der Waals surface area contributed by atoms with Crippen molar-refractivity contribution in [1.29, 1.82) is 0 Å². The molecule has 3 aliphatic rings. The van der Waals surface area contributed by atoms with Crippen molar-refractivity contribution >= 4 is 17.5 Å². The highest BCUT2D eigenvalue weighted by molar-refractivity contribution is 5.76. The van der Waals surface area contributed by atoms with E-state index in [-0.39, 0.29) is 5.82 Å². The van der Waals surface area contributed by atoms with Crippen LogP contribution in [0.4, 0.5) is 15.8 Å². The summed E-state index contributed by atoms with van der Waals surface area (Å²) in [6, 6.07) is 4.44. The zero-order chi connectivity index (χ0) is 13.5. The van der Waals surface area contributed by atoms with Crippen LogP contribution < -0.4 is 15.1 Å². The summed E-state index contributed by atoms with van der Waals surface area (Å²) in [5.41, 5.74) is 3.01. The summed E-state index contributed by atoms with van der Waals surface area (Å²) >= 11 is 0. The van der Waals surface area contributed by atoms with Crippen molar-refractivity contribution < 1.29 is 4.39 Å². The second kappa shape index (κ2) is 4.77. The van der Waals surface area contributed by atoms with Crippen LogP contribution in [0.2, 0.25) is 0 Å². The topological polar surface area (TPSA) is 18.5 Å². The molecule has 1 aromatic carbocycles. The molecule has 3 nitrogen and oxygen atoms in total. The van der Waals surface area contributed by atoms with Gasteiger partial charge in [-0.3, -0.25) is 0 Å². The van der Waals surface area contributed by atoms with Gasteiger partial charge in [-0.25, -0.2) is 4.39 Å². The Morgan fingerprint density at radius 3 is 2.65 bits per heavy atom. The van der Waals surface area contributed by atoms with Crippen LogP contribution in [-0.2, 0) is 0 Å². The number of nitrogens with zero attached hydrogens (tertiary/aromatic N) is 2. The predicted molar refractivity (Wildman–Crippen MR) is 80.9 cm³/mol. The molecular formula is C16H20FN3. The van der Waals surface area contributed by atoms with Gasteiger partial charge in [-0.2, -0.15) is 0 Å². The first-order valence-electron chi connectivity index (χ1n) is 7.55. The predicted octanol–water partition coefficient (Wildman–Crippen LogP) is 2.23. The Labute approximate surface area is 119 Å². The average Bonchev–Trinajstić information content (AvgIpc) is 3.31. The van der Waals surface area contributed by atoms with E-state index in [1.165, 1.54) is 18.5 Å². The van der Waals surface area contributed by atoms with Gasteiger partial charge >= 0.3 is 0 Å². The highest BCUT2D eigenvalue weighted by atomic mass is 19.1. The molecule has 1 saturated carbocycles. The molecule has 0 spiro atoms. The second-order valence-corrected chi connectivity index (χ2v) is 5.89. The molecule has 2 aliphatic heterocycles. The first-order valence-corrected chi connectivity index (χ1v) is 7.55. The molecule has 4 rings (SSSR count). The number of rotatable bonds is 2. The summed E-state index contributed by atoms with van der Waals surface area (Å²) in [6.07, 6.45) is 6.74. The van der Waals surface area contributed by atoms with E-state index in [0.29, 0.717) is 6.04 Å². The number of hydrogen-bond donors (Lipinski definition) is 1. The number of nitrogens with one attached hydrogen (secondary N) is 1. The van der Waals surface area contributed by atoms with E-state index < -0.39 is 0 Å². The quantitative estimate of drug-likeness (QED) is 0.891. The van der Waals surface area contributed by atoms with E-state index in [9.17, 15) is 4.39 Å². The van der Waals surface area contributed by atoms with Gasteiger partial charge in [0.05, 0.1) is 5.69 Å². The van der Waals surface area contributed by atoms with Crippen molar-refractivity contribution in [2.45, 2.75) is 18.9 Å². The van der Waals surface area contributed by atoms with Gasteiger partial charge in [0.25, 0.3) is 0 Å². The Morgan fingerprint density at radius 1 is 1.10 bits per heavy atom. The molecule has 1 aromatic rings. The summed E-state index contributed by atoms with van der Waals surface area (Å²) in [4.78, 5) is 4.59. The summed E-state index contributed by atoms with van der Waals surface area (Å²) in [7, 11) is 0. The van der Waals surface area contributed by atoms with Crippen LogP contribution in [0.15, 0.2) is 18.2 Å². The lowest BCUT2D eigenvalue weighted by Crippen LogP contribution is -2.44. The van der Waals surface area contributed by atoms with E-state index in [0.717, 1.165) is 44.0 Å². The lowest BCUT2D eigenvalue weighted by atomic mass is 10.1. The van der Waals surface area contributed by atoms with Crippen molar-refractivity contribution in [1.82, 2.24) is 5.32 Å². The van der Waals surface area contributed by atoms with Gasteiger partial charge in [0.15, 0.2) is 0 Å². The van der Waals surface area contributed by atoms with Crippen molar-refractivity contribution in [3.05, 3.63) is 29.6 Å². The molecule has 0 atom stereocenters. The van der Waals surface area contributed by atoms with E-state index in [1.807, 2.05) is 0 Å². The van der Waals surface area contributed by atoms with E-state index in [4.69, 9.17) is 0 Å². The van der Waals surface area contributed by atoms with Gasteiger partial charge in [-0.1, -0.05) is 12.2 Å². The van der Waals surface area contributed by atoms with E-state index in [2.05, 4.69) is 33.3 Å². The molecule has 20 heavy (non-hydrogen) atoms. The first-order chi connectivity index (χ1) is 9.83. The SMILES string of the molecule is Fc1cc2c(cc1N1CCNCC1)N(C1CC1)CC=C2. The van der Waals surface area contributed by atoms with Gasteiger partial charge in [-0.05, 0) is 25.0 Å². The molecule has 0 radical (unpaired) electrons.